The van der Waals surface area contributed by atoms with Crippen molar-refractivity contribution in [1.29, 1.82) is 0 Å². The molecule has 0 aromatic heterocycles. The molecule has 6 fully saturated rings. The average molecular weight is 651 g/mol. The molecule has 47 heavy (non-hydrogen) atoms. The molecule has 4 N–H and O–H groups in total. The summed E-state index contributed by atoms with van der Waals surface area (Å²) >= 11 is 0. The number of aromatic hydroxyl groups is 2. The highest BCUT2D eigenvalue weighted by molar-refractivity contribution is 5.97. The normalized spacial score (nSPS) is 43.8. The van der Waals surface area contributed by atoms with Gasteiger partial charge in [0.2, 0.25) is 11.8 Å². The Morgan fingerprint density at radius 1 is 0.979 bits per heavy atom. The molecule has 2 saturated heterocycles. The number of nitrogens with one attached hydrogen (secondary N) is 2. The molecule has 1 aromatic rings. The second-order valence-corrected chi connectivity index (χ2v) is 16.7. The number of phenols is 2. The Balaban J connectivity index is 0.936. The Kier molecular flexibility index (Phi) is 8.42. The van der Waals surface area contributed by atoms with E-state index >= 15 is 0 Å². The number of rotatable bonds is 6. The van der Waals surface area contributed by atoms with E-state index in [9.17, 15) is 24.6 Å². The fourth-order valence-corrected chi connectivity index (χ4v) is 11.6. The molecule has 2 amide bonds. The van der Waals surface area contributed by atoms with E-state index in [0.29, 0.717) is 54.8 Å². The first-order valence-corrected chi connectivity index (χ1v) is 18.3. The fraction of sp³-hybridized carbons (Fsp3) is 0.763. The second-order valence-electron chi connectivity index (χ2n) is 16.7. The van der Waals surface area contributed by atoms with E-state index in [1.165, 1.54) is 12.1 Å². The van der Waals surface area contributed by atoms with Crippen molar-refractivity contribution in [2.75, 3.05) is 13.2 Å². The highest BCUT2D eigenvalue weighted by Gasteiger charge is 2.71. The van der Waals surface area contributed by atoms with Crippen molar-refractivity contribution in [2.45, 2.75) is 116 Å². The summed E-state index contributed by atoms with van der Waals surface area (Å²) < 4.78 is 13.3. The molecule has 9 heteroatoms. The third kappa shape index (κ3) is 5.48. The van der Waals surface area contributed by atoms with Crippen molar-refractivity contribution in [3.05, 3.63) is 23.8 Å². The number of hydrogen-bond acceptors (Lipinski definition) is 7. The van der Waals surface area contributed by atoms with Gasteiger partial charge < -0.3 is 30.3 Å². The van der Waals surface area contributed by atoms with E-state index in [0.717, 1.165) is 63.5 Å². The van der Waals surface area contributed by atoms with Gasteiger partial charge in [-0.2, -0.15) is 0 Å². The molecule has 1 spiro atoms. The Hall–Kier alpha value is -2.65. The molecule has 258 valence electrons. The van der Waals surface area contributed by atoms with Crippen LogP contribution in [0.15, 0.2) is 18.2 Å². The zero-order valence-electron chi connectivity index (χ0n) is 28.6. The molecule has 0 radical (unpaired) electrons. The predicted octanol–water partition coefficient (Wildman–Crippen LogP) is 5.26. The van der Waals surface area contributed by atoms with Crippen LogP contribution in [0.2, 0.25) is 0 Å². The van der Waals surface area contributed by atoms with Crippen LogP contribution in [0.4, 0.5) is 0 Å². The fourth-order valence-electron chi connectivity index (χ4n) is 11.6. The van der Waals surface area contributed by atoms with E-state index in [1.807, 2.05) is 0 Å². The van der Waals surface area contributed by atoms with E-state index in [-0.39, 0.29) is 64.5 Å². The number of hydrogen-bond donors (Lipinski definition) is 4. The molecule has 9 nitrogen and oxygen atoms in total. The summed E-state index contributed by atoms with van der Waals surface area (Å²) in [6.07, 6.45) is 9.05. The Morgan fingerprint density at radius 3 is 2.53 bits per heavy atom. The van der Waals surface area contributed by atoms with Crippen molar-refractivity contribution in [3.8, 4) is 11.5 Å². The third-order valence-corrected chi connectivity index (χ3v) is 14.3. The Labute approximate surface area is 278 Å². The van der Waals surface area contributed by atoms with E-state index in [4.69, 9.17) is 9.47 Å². The van der Waals surface area contributed by atoms with Crippen LogP contribution in [0.1, 0.15) is 97.5 Å². The van der Waals surface area contributed by atoms with Crippen molar-refractivity contribution in [2.24, 2.45) is 52.3 Å². The lowest BCUT2D eigenvalue weighted by molar-refractivity contribution is -0.272. The van der Waals surface area contributed by atoms with Crippen molar-refractivity contribution >= 4 is 17.6 Å². The summed E-state index contributed by atoms with van der Waals surface area (Å²) in [6, 6.07) is 4.62. The molecule has 4 saturated carbocycles. The van der Waals surface area contributed by atoms with Crippen molar-refractivity contribution in [3.63, 3.8) is 0 Å². The number of benzene rings is 1. The minimum absolute atomic E-state index is 0.0453. The van der Waals surface area contributed by atoms with Gasteiger partial charge in [0.05, 0.1) is 12.7 Å². The molecule has 0 unspecified atom stereocenters. The van der Waals surface area contributed by atoms with Gasteiger partial charge >= 0.3 is 0 Å². The lowest BCUT2D eigenvalue weighted by Gasteiger charge is -2.60. The molecule has 2 aliphatic heterocycles. The number of Topliss-reactive ketones (excluding diaryl/α,β-unsaturated/α-hetero) is 1. The summed E-state index contributed by atoms with van der Waals surface area (Å²) in [5, 5.41) is 25.1. The van der Waals surface area contributed by atoms with Gasteiger partial charge in [-0.05, 0) is 104 Å². The number of amides is 2. The summed E-state index contributed by atoms with van der Waals surface area (Å²) in [6.45, 7) is 10.3. The molecule has 6 aliphatic rings. The molecular formula is C38H54N2O7. The topological polar surface area (TPSA) is 134 Å². The minimum Gasteiger partial charge on any atom is -0.504 e. The maximum absolute atomic E-state index is 14.4. The van der Waals surface area contributed by atoms with Gasteiger partial charge in [0.15, 0.2) is 17.3 Å². The van der Waals surface area contributed by atoms with Crippen molar-refractivity contribution in [1.82, 2.24) is 10.6 Å². The number of ether oxygens (including phenoxy) is 2. The van der Waals surface area contributed by atoms with Crippen LogP contribution in [-0.4, -0.2) is 58.9 Å². The van der Waals surface area contributed by atoms with Gasteiger partial charge in [0.1, 0.15) is 12.2 Å². The zero-order valence-corrected chi connectivity index (χ0v) is 28.6. The molecule has 2 heterocycles. The Bertz CT molecular complexity index is 1410. The summed E-state index contributed by atoms with van der Waals surface area (Å²) in [5.74, 6) is 1.69. The SMILES string of the molecule is C[C@@H]1CC[C@@]2(OC1)O[C@H]1C[C@H]3[C@@H]4CC[C@H]5C[C@H](NC(=O)CC(=O)NCCc6ccc(O)c(O)c6)CC[C@]5(C)[C@H]4CC(=O)[C@]3(C)[C@H]1[C@@H]2C. The van der Waals surface area contributed by atoms with Gasteiger partial charge in [-0.15, -0.1) is 0 Å². The maximum atomic E-state index is 14.4. The molecule has 7 rings (SSSR count). The largest absolute Gasteiger partial charge is 0.504 e. The van der Waals surface area contributed by atoms with Crippen LogP contribution in [-0.2, 0) is 30.3 Å². The number of ketones is 1. The van der Waals surface area contributed by atoms with E-state index < -0.39 is 5.79 Å². The van der Waals surface area contributed by atoms with Crippen molar-refractivity contribution < 1.29 is 34.1 Å². The first kappa shape index (κ1) is 32.9. The summed E-state index contributed by atoms with van der Waals surface area (Å²) in [4.78, 5) is 39.7. The lowest BCUT2D eigenvalue weighted by atomic mass is 9.44. The van der Waals surface area contributed by atoms with Crippen LogP contribution in [0.25, 0.3) is 0 Å². The standard InChI is InChI=1S/C38H54N2O7/c1-21-9-13-38(46-20-21)22(2)35-31(47-38)17-28-26-7-6-24-16-25(10-12-36(24,3)27(26)18-32(43)37(28,35)4)40-34(45)19-33(44)39-14-11-23-5-8-29(41)30(42)15-23/h5,8,15,21-22,24-28,31,35,41-42H,6-7,9-14,16-20H2,1-4H3,(H,39,44)(H,40,45)/t21-,22+,24+,25-,26-,27+,28+,31+,35+,36+,37-,38-/m1/s1. The lowest BCUT2D eigenvalue weighted by Crippen LogP contribution is -2.59. The smallest absolute Gasteiger partial charge is 0.229 e. The second kappa shape index (κ2) is 12.0. The van der Waals surface area contributed by atoms with Crippen LogP contribution in [0.5, 0.6) is 11.5 Å². The zero-order chi connectivity index (χ0) is 33.3. The van der Waals surface area contributed by atoms with Gasteiger partial charge in [0.25, 0.3) is 0 Å². The third-order valence-electron chi connectivity index (χ3n) is 14.3. The first-order valence-electron chi connectivity index (χ1n) is 18.3. The van der Waals surface area contributed by atoms with Crippen LogP contribution in [0.3, 0.4) is 0 Å². The average Bonchev–Trinajstić information content (AvgIpc) is 3.47. The van der Waals surface area contributed by atoms with E-state index in [1.54, 1.807) is 6.07 Å². The quantitative estimate of drug-likeness (QED) is 0.244. The number of phenolic OH excluding ortho intramolecular Hbond substituents is 2. The minimum atomic E-state index is -0.515. The first-order chi connectivity index (χ1) is 22.3. The molecule has 1 aromatic carbocycles. The van der Waals surface area contributed by atoms with Crippen LogP contribution in [0, 0.1) is 52.3 Å². The molecular weight excluding hydrogens is 596 g/mol. The summed E-state index contributed by atoms with van der Waals surface area (Å²) in [7, 11) is 0. The molecule has 12 atom stereocenters. The van der Waals surface area contributed by atoms with Gasteiger partial charge in [-0.1, -0.05) is 33.8 Å². The summed E-state index contributed by atoms with van der Waals surface area (Å²) in [5.41, 5.74) is 0.516. The number of fused-ring (bicyclic) bond motifs is 7. The number of carbonyl (C=O) groups excluding carboxylic acids is 3. The highest BCUT2D eigenvalue weighted by atomic mass is 16.7. The maximum Gasteiger partial charge on any atom is 0.229 e. The predicted molar refractivity (Wildman–Crippen MR) is 175 cm³/mol. The number of carbonyl (C=O) groups is 3. The molecule has 4 aliphatic carbocycles. The van der Waals surface area contributed by atoms with Gasteiger partial charge in [0, 0.05) is 42.7 Å². The molecule has 0 bridgehead atoms. The highest BCUT2D eigenvalue weighted by Crippen LogP contribution is 2.70. The van der Waals surface area contributed by atoms with E-state index in [2.05, 4.69) is 38.3 Å². The monoisotopic (exact) mass is 650 g/mol. The van der Waals surface area contributed by atoms with Crippen LogP contribution < -0.4 is 10.6 Å². The van der Waals surface area contributed by atoms with Gasteiger partial charge in [-0.3, -0.25) is 14.4 Å². The van der Waals surface area contributed by atoms with Crippen LogP contribution >= 0.6 is 0 Å². The Morgan fingerprint density at radius 2 is 1.79 bits per heavy atom. The van der Waals surface area contributed by atoms with Gasteiger partial charge in [-0.25, -0.2) is 0 Å².